The van der Waals surface area contributed by atoms with Gasteiger partial charge >= 0.3 is 5.97 Å². The van der Waals surface area contributed by atoms with Crippen LogP contribution >= 0.6 is 0 Å². The molecule has 2 rings (SSSR count). The zero-order valence-electron chi connectivity index (χ0n) is 9.89. The molecule has 1 N–H and O–H groups in total. The van der Waals surface area contributed by atoms with Crippen molar-refractivity contribution in [3.05, 3.63) is 0 Å². The largest absolute Gasteiger partial charge is 0.469 e. The second-order valence-electron chi connectivity index (χ2n) is 4.92. The van der Waals surface area contributed by atoms with E-state index in [1.165, 1.54) is 20.0 Å². The average molecular weight is 227 g/mol. The Balaban J connectivity index is 1.83. The van der Waals surface area contributed by atoms with E-state index in [0.29, 0.717) is 5.92 Å². The van der Waals surface area contributed by atoms with Crippen molar-refractivity contribution in [2.24, 2.45) is 11.8 Å². The van der Waals surface area contributed by atoms with Crippen LogP contribution in [0.1, 0.15) is 25.7 Å². The van der Waals surface area contributed by atoms with Crippen LogP contribution in [0.2, 0.25) is 0 Å². The first-order chi connectivity index (χ1) is 7.76. The van der Waals surface area contributed by atoms with Gasteiger partial charge in [0.2, 0.25) is 0 Å². The molecular weight excluding hydrogens is 206 g/mol. The Morgan fingerprint density at radius 3 is 2.44 bits per heavy atom. The number of rotatable bonds is 4. The second-order valence-corrected chi connectivity index (χ2v) is 4.92. The zero-order valence-corrected chi connectivity index (χ0v) is 9.89. The molecule has 0 amide bonds. The van der Waals surface area contributed by atoms with Crippen molar-refractivity contribution in [1.82, 2.24) is 4.90 Å². The van der Waals surface area contributed by atoms with Crippen LogP contribution in [-0.4, -0.2) is 48.8 Å². The third kappa shape index (κ3) is 2.55. The van der Waals surface area contributed by atoms with Crippen molar-refractivity contribution in [2.75, 3.05) is 26.8 Å². The van der Waals surface area contributed by atoms with Gasteiger partial charge in [0.15, 0.2) is 0 Å². The Labute approximate surface area is 96.6 Å². The third-order valence-electron chi connectivity index (χ3n) is 3.91. The number of piperidine rings is 1. The number of likely N-dealkylation sites (tertiary alicyclic amines) is 1. The lowest BCUT2D eigenvalue weighted by Crippen LogP contribution is -2.40. The number of aliphatic hydroxyl groups excluding tert-OH is 1. The second kappa shape index (κ2) is 5.15. The van der Waals surface area contributed by atoms with Gasteiger partial charge in [-0.3, -0.25) is 4.79 Å². The Bertz CT molecular complexity index is 245. The highest BCUT2D eigenvalue weighted by molar-refractivity contribution is 5.72. The van der Waals surface area contributed by atoms with E-state index in [0.717, 1.165) is 32.0 Å². The third-order valence-corrected chi connectivity index (χ3v) is 3.91. The fraction of sp³-hybridized carbons (Fsp3) is 0.917. The van der Waals surface area contributed by atoms with Gasteiger partial charge in [-0.25, -0.2) is 0 Å². The molecule has 2 aliphatic rings. The van der Waals surface area contributed by atoms with E-state index in [1.807, 2.05) is 0 Å². The van der Waals surface area contributed by atoms with Gasteiger partial charge < -0.3 is 14.7 Å². The number of ether oxygens (including phenoxy) is 1. The Kier molecular flexibility index (Phi) is 3.82. The number of esters is 1. The quantitative estimate of drug-likeness (QED) is 0.716. The summed E-state index contributed by atoms with van der Waals surface area (Å²) in [6.07, 6.45) is 4.70. The predicted molar refractivity (Wildman–Crippen MR) is 59.9 cm³/mol. The molecule has 2 fully saturated rings. The van der Waals surface area contributed by atoms with E-state index >= 15 is 0 Å². The van der Waals surface area contributed by atoms with Gasteiger partial charge in [-0.1, -0.05) is 0 Å². The summed E-state index contributed by atoms with van der Waals surface area (Å²) in [5, 5.41) is 9.25. The summed E-state index contributed by atoms with van der Waals surface area (Å²) in [5.74, 6) is -0.272. The highest BCUT2D eigenvalue weighted by atomic mass is 16.5. The van der Waals surface area contributed by atoms with E-state index in [-0.39, 0.29) is 18.5 Å². The minimum Gasteiger partial charge on any atom is -0.469 e. The molecule has 0 aromatic rings. The monoisotopic (exact) mass is 227 g/mol. The maximum absolute atomic E-state index is 11.5. The Morgan fingerprint density at radius 2 is 2.00 bits per heavy atom. The first-order valence-electron chi connectivity index (χ1n) is 6.19. The number of carbonyl (C=O) groups is 1. The Hall–Kier alpha value is -0.610. The molecule has 0 radical (unpaired) electrons. The van der Waals surface area contributed by atoms with Crippen LogP contribution in [-0.2, 0) is 9.53 Å². The molecule has 1 atom stereocenters. The summed E-state index contributed by atoms with van der Waals surface area (Å²) < 4.78 is 4.73. The van der Waals surface area contributed by atoms with Crippen LogP contribution in [0.3, 0.4) is 0 Å². The van der Waals surface area contributed by atoms with Gasteiger partial charge in [0.1, 0.15) is 0 Å². The molecule has 16 heavy (non-hydrogen) atoms. The van der Waals surface area contributed by atoms with Crippen molar-refractivity contribution in [3.8, 4) is 0 Å². The first kappa shape index (κ1) is 11.9. The van der Waals surface area contributed by atoms with Gasteiger partial charge in [-0.2, -0.15) is 0 Å². The summed E-state index contributed by atoms with van der Waals surface area (Å²) in [6, 6.07) is 0.812. The van der Waals surface area contributed by atoms with E-state index in [1.54, 1.807) is 0 Å². The van der Waals surface area contributed by atoms with Crippen molar-refractivity contribution in [3.63, 3.8) is 0 Å². The van der Waals surface area contributed by atoms with Gasteiger partial charge in [0.05, 0.1) is 19.6 Å². The van der Waals surface area contributed by atoms with Crippen molar-refractivity contribution in [1.29, 1.82) is 0 Å². The molecule has 1 saturated carbocycles. The van der Waals surface area contributed by atoms with Crippen LogP contribution in [0.5, 0.6) is 0 Å². The van der Waals surface area contributed by atoms with Crippen LogP contribution in [0.25, 0.3) is 0 Å². The molecule has 4 nitrogen and oxygen atoms in total. The highest BCUT2D eigenvalue weighted by Gasteiger charge is 2.36. The summed E-state index contributed by atoms with van der Waals surface area (Å²) >= 11 is 0. The molecule has 1 aliphatic carbocycles. The maximum atomic E-state index is 11.5. The minimum atomic E-state index is -0.314. The van der Waals surface area contributed by atoms with Crippen LogP contribution in [0, 0.1) is 11.8 Å². The summed E-state index contributed by atoms with van der Waals surface area (Å²) in [7, 11) is 1.39. The van der Waals surface area contributed by atoms with Gasteiger partial charge in [0, 0.05) is 6.04 Å². The van der Waals surface area contributed by atoms with E-state index < -0.39 is 0 Å². The minimum absolute atomic E-state index is 0.0826. The first-order valence-corrected chi connectivity index (χ1v) is 6.19. The molecule has 0 spiro atoms. The van der Waals surface area contributed by atoms with Gasteiger partial charge in [0.25, 0.3) is 0 Å². The number of methoxy groups -OCH3 is 1. The molecular formula is C12H21NO3. The molecule has 0 aromatic heterocycles. The number of hydrogen-bond donors (Lipinski definition) is 1. The Morgan fingerprint density at radius 1 is 1.38 bits per heavy atom. The summed E-state index contributed by atoms with van der Waals surface area (Å²) in [4.78, 5) is 14.0. The fourth-order valence-electron chi connectivity index (χ4n) is 2.69. The lowest BCUT2D eigenvalue weighted by molar-refractivity contribution is -0.149. The van der Waals surface area contributed by atoms with Crippen LogP contribution in [0.15, 0.2) is 0 Å². The fourth-order valence-corrected chi connectivity index (χ4v) is 2.69. The standard InChI is InChI=1S/C12H21NO3/c1-16-12(15)11(8-14)9-4-6-13(7-5-9)10-2-3-10/h9-11,14H,2-8H2,1H3. The SMILES string of the molecule is COC(=O)C(CO)C1CCN(C2CC2)CC1. The molecule has 4 heteroatoms. The van der Waals surface area contributed by atoms with Crippen LogP contribution in [0.4, 0.5) is 0 Å². The molecule has 1 saturated heterocycles. The maximum Gasteiger partial charge on any atom is 0.311 e. The topological polar surface area (TPSA) is 49.8 Å². The van der Waals surface area contributed by atoms with Crippen LogP contribution < -0.4 is 0 Å². The van der Waals surface area contributed by atoms with Crippen molar-refractivity contribution in [2.45, 2.75) is 31.7 Å². The molecule has 1 unspecified atom stereocenters. The number of carbonyl (C=O) groups excluding carboxylic acids is 1. The summed E-state index contributed by atoms with van der Waals surface area (Å²) in [6.45, 7) is 2.06. The summed E-state index contributed by atoms with van der Waals surface area (Å²) in [5.41, 5.74) is 0. The van der Waals surface area contributed by atoms with Gasteiger partial charge in [-0.05, 0) is 44.7 Å². The lowest BCUT2D eigenvalue weighted by Gasteiger charge is -2.34. The smallest absolute Gasteiger partial charge is 0.311 e. The van der Waals surface area contributed by atoms with Gasteiger partial charge in [-0.15, -0.1) is 0 Å². The molecule has 0 aromatic carbocycles. The average Bonchev–Trinajstić information content (AvgIpc) is 3.14. The van der Waals surface area contributed by atoms with Crippen molar-refractivity contribution >= 4 is 5.97 Å². The molecule has 1 heterocycles. The lowest BCUT2D eigenvalue weighted by atomic mass is 9.84. The number of aliphatic hydroxyl groups is 1. The number of hydrogen-bond acceptors (Lipinski definition) is 4. The highest BCUT2D eigenvalue weighted by Crippen LogP contribution is 2.33. The molecule has 92 valence electrons. The molecule has 0 bridgehead atoms. The van der Waals surface area contributed by atoms with E-state index in [9.17, 15) is 9.90 Å². The number of nitrogens with zero attached hydrogens (tertiary/aromatic N) is 1. The molecule has 1 aliphatic heterocycles. The zero-order chi connectivity index (χ0) is 11.5. The van der Waals surface area contributed by atoms with E-state index in [4.69, 9.17) is 4.74 Å². The van der Waals surface area contributed by atoms with E-state index in [2.05, 4.69) is 4.90 Å². The predicted octanol–water partition coefficient (Wildman–Crippen LogP) is 0.642. The normalized spacial score (nSPS) is 25.4. The van der Waals surface area contributed by atoms with Crippen molar-refractivity contribution < 1.29 is 14.6 Å².